The second-order valence-corrected chi connectivity index (χ2v) is 13.2. The van der Waals surface area contributed by atoms with Gasteiger partial charge >= 0.3 is 0 Å². The summed E-state index contributed by atoms with van der Waals surface area (Å²) < 4.78 is 12.9. The minimum Gasteiger partial charge on any atom is -0.456 e. The van der Waals surface area contributed by atoms with E-state index in [0.717, 1.165) is 49.4 Å². The van der Waals surface area contributed by atoms with Gasteiger partial charge in [0.05, 0.1) is 0 Å². The van der Waals surface area contributed by atoms with E-state index >= 15 is 0 Å². The summed E-state index contributed by atoms with van der Waals surface area (Å²) in [4.78, 5) is 0. The fourth-order valence-electron chi connectivity index (χ4n) is 8.09. The van der Waals surface area contributed by atoms with Crippen molar-refractivity contribution in [1.29, 1.82) is 0 Å². The highest BCUT2D eigenvalue weighted by Gasteiger charge is 2.17. The molecule has 232 valence electrons. The summed E-state index contributed by atoms with van der Waals surface area (Å²) in [5, 5.41) is 12.0. The van der Waals surface area contributed by atoms with Crippen LogP contribution in [-0.4, -0.2) is 0 Å². The van der Waals surface area contributed by atoms with Crippen LogP contribution in [0.3, 0.4) is 0 Å². The monoisotopic (exact) mass is 636 g/mol. The molecule has 0 aliphatic heterocycles. The minimum absolute atomic E-state index is 0.861. The normalized spacial score (nSPS) is 12.0. The van der Waals surface area contributed by atoms with Crippen molar-refractivity contribution in [2.24, 2.45) is 0 Å². The molecule has 0 amide bonds. The zero-order valence-corrected chi connectivity index (χ0v) is 27.0. The summed E-state index contributed by atoms with van der Waals surface area (Å²) in [5.41, 5.74) is 10.6. The van der Waals surface area contributed by atoms with Crippen molar-refractivity contribution in [1.82, 2.24) is 0 Å². The van der Waals surface area contributed by atoms with Crippen molar-refractivity contribution in [2.75, 3.05) is 0 Å². The van der Waals surface area contributed by atoms with Crippen LogP contribution in [0.5, 0.6) is 0 Å². The van der Waals surface area contributed by atoms with Gasteiger partial charge in [-0.1, -0.05) is 127 Å². The highest BCUT2D eigenvalue weighted by Crippen LogP contribution is 2.42. The van der Waals surface area contributed by atoms with E-state index < -0.39 is 0 Å². The summed E-state index contributed by atoms with van der Waals surface area (Å²) in [6, 6.07) is 60.9. The van der Waals surface area contributed by atoms with Crippen molar-refractivity contribution >= 4 is 76.2 Å². The van der Waals surface area contributed by atoms with Gasteiger partial charge in [-0.15, -0.1) is 0 Å². The molecule has 0 spiro atoms. The molecule has 0 fully saturated rings. The summed E-state index contributed by atoms with van der Waals surface area (Å²) in [7, 11) is 0. The SMILES string of the molecule is c1ccc(-c2ccc3oc4cc5c(cc4c3c2)oc2ccc(-c3ccccc3-c3ccc4c6ccccc6c6ccccc6c4c3)cc25)cc1. The average molecular weight is 637 g/mol. The third kappa shape index (κ3) is 4.03. The maximum atomic E-state index is 6.48. The molecule has 0 saturated heterocycles. The highest BCUT2D eigenvalue weighted by molar-refractivity contribution is 6.26. The highest BCUT2D eigenvalue weighted by atomic mass is 16.3. The summed E-state index contributed by atoms with van der Waals surface area (Å²) in [5.74, 6) is 0. The van der Waals surface area contributed by atoms with Crippen molar-refractivity contribution in [2.45, 2.75) is 0 Å². The zero-order valence-electron chi connectivity index (χ0n) is 27.0. The molecule has 2 heterocycles. The molecule has 0 unspecified atom stereocenters. The predicted octanol–water partition coefficient (Wildman–Crippen LogP) is 13.9. The van der Waals surface area contributed by atoms with Crippen LogP contribution in [0, 0.1) is 0 Å². The van der Waals surface area contributed by atoms with Crippen LogP contribution in [0.15, 0.2) is 179 Å². The van der Waals surface area contributed by atoms with Gasteiger partial charge in [0.1, 0.15) is 22.3 Å². The first-order chi connectivity index (χ1) is 24.8. The van der Waals surface area contributed by atoms with Gasteiger partial charge in [0.2, 0.25) is 0 Å². The number of furan rings is 2. The van der Waals surface area contributed by atoms with Crippen LogP contribution < -0.4 is 0 Å². The molecule has 0 N–H and O–H groups in total. The Labute approximate surface area is 287 Å². The van der Waals surface area contributed by atoms with Gasteiger partial charge in [0, 0.05) is 21.5 Å². The molecule has 0 atom stereocenters. The average Bonchev–Trinajstić information content (AvgIpc) is 3.73. The number of benzene rings is 9. The molecule has 0 radical (unpaired) electrons. The molecule has 2 nitrogen and oxygen atoms in total. The summed E-state index contributed by atoms with van der Waals surface area (Å²) in [6.07, 6.45) is 0. The molecule has 50 heavy (non-hydrogen) atoms. The van der Waals surface area contributed by atoms with Crippen LogP contribution in [0.1, 0.15) is 0 Å². The predicted molar refractivity (Wildman–Crippen MR) is 210 cm³/mol. The Balaban J connectivity index is 1.07. The Kier molecular flexibility index (Phi) is 5.70. The number of hydrogen-bond donors (Lipinski definition) is 0. The van der Waals surface area contributed by atoms with Crippen LogP contribution >= 0.6 is 0 Å². The molecule has 9 aromatic carbocycles. The lowest BCUT2D eigenvalue weighted by Gasteiger charge is -2.14. The Hall–Kier alpha value is -6.64. The molecule has 2 aromatic heterocycles. The van der Waals surface area contributed by atoms with E-state index in [1.165, 1.54) is 60.1 Å². The van der Waals surface area contributed by atoms with E-state index in [1.54, 1.807) is 0 Å². The molecule has 11 rings (SSSR count). The second-order valence-electron chi connectivity index (χ2n) is 13.2. The standard InChI is InChI=1S/C48H28O2/c1-2-10-29(11-3-1)30-19-22-45-41(24-30)43-27-48-44(28-47(43)49-45)42-26-32(20-23-46(42)50-48)34-13-5-4-12-33(34)31-18-21-39-37-16-7-6-14-35(37)36-15-8-9-17-38(36)40(39)25-31/h1-28H. The Morgan fingerprint density at radius 1 is 0.220 bits per heavy atom. The maximum Gasteiger partial charge on any atom is 0.136 e. The number of rotatable bonds is 3. The molecule has 0 saturated carbocycles. The third-order valence-electron chi connectivity index (χ3n) is 10.5. The van der Waals surface area contributed by atoms with Gasteiger partial charge in [-0.3, -0.25) is 0 Å². The Bertz CT molecular complexity index is 3110. The lowest BCUT2D eigenvalue weighted by molar-refractivity contribution is 0.664. The van der Waals surface area contributed by atoms with E-state index in [2.05, 4.69) is 164 Å². The van der Waals surface area contributed by atoms with Crippen LogP contribution in [-0.2, 0) is 0 Å². The third-order valence-corrected chi connectivity index (χ3v) is 10.5. The first kappa shape index (κ1) is 27.3. The van der Waals surface area contributed by atoms with Gasteiger partial charge in [-0.05, 0) is 108 Å². The molecular weight excluding hydrogens is 609 g/mol. The lowest BCUT2D eigenvalue weighted by Crippen LogP contribution is -1.87. The first-order valence-corrected chi connectivity index (χ1v) is 17.1. The molecule has 11 aromatic rings. The van der Waals surface area contributed by atoms with Crippen molar-refractivity contribution in [3.63, 3.8) is 0 Å². The van der Waals surface area contributed by atoms with E-state index in [1.807, 2.05) is 6.07 Å². The van der Waals surface area contributed by atoms with Crippen molar-refractivity contribution in [3.8, 4) is 33.4 Å². The molecular formula is C48H28O2. The van der Waals surface area contributed by atoms with Crippen LogP contribution in [0.25, 0.3) is 110 Å². The quantitative estimate of drug-likeness (QED) is 0.180. The smallest absolute Gasteiger partial charge is 0.136 e. The number of hydrogen-bond acceptors (Lipinski definition) is 2. The maximum absolute atomic E-state index is 6.48. The molecule has 0 aliphatic carbocycles. The van der Waals surface area contributed by atoms with Crippen LogP contribution in [0.4, 0.5) is 0 Å². The van der Waals surface area contributed by atoms with E-state index in [9.17, 15) is 0 Å². The van der Waals surface area contributed by atoms with Gasteiger partial charge in [0.15, 0.2) is 0 Å². The van der Waals surface area contributed by atoms with Crippen LogP contribution in [0.2, 0.25) is 0 Å². The second kappa shape index (κ2) is 10.4. The van der Waals surface area contributed by atoms with Crippen molar-refractivity contribution in [3.05, 3.63) is 170 Å². The Morgan fingerprint density at radius 2 is 0.620 bits per heavy atom. The largest absolute Gasteiger partial charge is 0.456 e. The summed E-state index contributed by atoms with van der Waals surface area (Å²) >= 11 is 0. The first-order valence-electron chi connectivity index (χ1n) is 17.1. The topological polar surface area (TPSA) is 26.3 Å². The van der Waals surface area contributed by atoms with Gasteiger partial charge in [0.25, 0.3) is 0 Å². The zero-order chi connectivity index (χ0) is 32.8. The van der Waals surface area contributed by atoms with Gasteiger partial charge in [-0.25, -0.2) is 0 Å². The molecule has 0 bridgehead atoms. The fraction of sp³-hybridized carbons (Fsp3) is 0. The van der Waals surface area contributed by atoms with E-state index in [4.69, 9.17) is 8.83 Å². The van der Waals surface area contributed by atoms with Gasteiger partial charge < -0.3 is 8.83 Å². The van der Waals surface area contributed by atoms with Gasteiger partial charge in [-0.2, -0.15) is 0 Å². The molecule has 0 aliphatic rings. The minimum atomic E-state index is 0.861. The lowest BCUT2D eigenvalue weighted by atomic mass is 9.89. The summed E-state index contributed by atoms with van der Waals surface area (Å²) in [6.45, 7) is 0. The van der Waals surface area contributed by atoms with Crippen molar-refractivity contribution < 1.29 is 8.83 Å². The fourth-order valence-corrected chi connectivity index (χ4v) is 8.09. The number of fused-ring (bicyclic) bond motifs is 12. The molecule has 2 heteroatoms. The van der Waals surface area contributed by atoms with E-state index in [0.29, 0.717) is 0 Å². The Morgan fingerprint density at radius 3 is 1.20 bits per heavy atom. The van der Waals surface area contributed by atoms with E-state index in [-0.39, 0.29) is 0 Å².